The summed E-state index contributed by atoms with van der Waals surface area (Å²) in [6.45, 7) is 2.52. The molecule has 1 aliphatic rings. The fourth-order valence-corrected chi connectivity index (χ4v) is 3.20. The van der Waals surface area contributed by atoms with E-state index in [9.17, 15) is 13.2 Å². The van der Waals surface area contributed by atoms with Crippen LogP contribution in [0.4, 0.5) is 0 Å². The van der Waals surface area contributed by atoms with E-state index in [2.05, 4.69) is 0 Å². The molecule has 6 nitrogen and oxygen atoms in total. The first-order valence-corrected chi connectivity index (χ1v) is 8.82. The molecule has 22 heavy (non-hydrogen) atoms. The number of ether oxygens (including phenoxy) is 2. The summed E-state index contributed by atoms with van der Waals surface area (Å²) in [4.78, 5) is 12.0. The molecule has 122 valence electrons. The van der Waals surface area contributed by atoms with Gasteiger partial charge in [0.15, 0.2) is 0 Å². The molecular weight excluding hydrogens is 306 g/mol. The molecular formula is C15H21NO5S. The van der Waals surface area contributed by atoms with E-state index in [-0.39, 0.29) is 11.0 Å². The topological polar surface area (TPSA) is 81.7 Å². The number of hydrogen-bond acceptors (Lipinski definition) is 5. The number of benzene rings is 1. The fraction of sp³-hybridized carbons (Fsp3) is 0.533. The molecule has 1 heterocycles. The highest BCUT2D eigenvalue weighted by Gasteiger charge is 2.23. The number of sulfonamides is 1. The lowest BCUT2D eigenvalue weighted by Gasteiger charge is -2.23. The maximum absolute atomic E-state index is 12.0. The summed E-state index contributed by atoms with van der Waals surface area (Å²) in [5.41, 5.74) is 0. The van der Waals surface area contributed by atoms with Crippen LogP contribution in [0.25, 0.3) is 0 Å². The van der Waals surface area contributed by atoms with Crippen LogP contribution < -0.4 is 4.72 Å². The molecule has 0 radical (unpaired) electrons. The third-order valence-electron chi connectivity index (χ3n) is 3.46. The molecule has 0 aromatic heterocycles. The van der Waals surface area contributed by atoms with Gasteiger partial charge in [0.2, 0.25) is 0 Å². The quantitative estimate of drug-likeness (QED) is 0.855. The summed E-state index contributed by atoms with van der Waals surface area (Å²) in [5.74, 6) is -0.681. The van der Waals surface area contributed by atoms with Crippen molar-refractivity contribution >= 4 is 15.9 Å². The van der Waals surface area contributed by atoms with E-state index in [1.54, 1.807) is 18.2 Å². The van der Waals surface area contributed by atoms with E-state index >= 15 is 0 Å². The normalized spacial score (nSPS) is 20.3. The van der Waals surface area contributed by atoms with Gasteiger partial charge in [-0.1, -0.05) is 18.2 Å². The van der Waals surface area contributed by atoms with E-state index in [4.69, 9.17) is 9.47 Å². The number of rotatable bonds is 6. The van der Waals surface area contributed by atoms with Crippen molar-refractivity contribution in [3.63, 3.8) is 0 Å². The van der Waals surface area contributed by atoms with Gasteiger partial charge in [0.25, 0.3) is 15.9 Å². The third-order valence-corrected chi connectivity index (χ3v) is 4.83. The molecule has 2 rings (SSSR count). The summed E-state index contributed by atoms with van der Waals surface area (Å²) in [7, 11) is -3.86. The number of carbonyl (C=O) groups is 1. The molecule has 2 atom stereocenters. The van der Waals surface area contributed by atoms with E-state index in [1.807, 2.05) is 4.72 Å². The van der Waals surface area contributed by atoms with Gasteiger partial charge < -0.3 is 9.47 Å². The zero-order valence-electron chi connectivity index (χ0n) is 12.5. The van der Waals surface area contributed by atoms with Crippen molar-refractivity contribution in [1.29, 1.82) is 0 Å². The molecule has 1 aromatic carbocycles. The van der Waals surface area contributed by atoms with Crippen LogP contribution in [0.5, 0.6) is 0 Å². The fourth-order valence-electron chi connectivity index (χ4n) is 2.14. The molecule has 0 aliphatic carbocycles. The molecule has 1 aliphatic heterocycles. The molecule has 0 spiro atoms. The highest BCUT2D eigenvalue weighted by atomic mass is 32.2. The van der Waals surface area contributed by atoms with Crippen molar-refractivity contribution in [2.45, 2.75) is 43.3 Å². The second kappa shape index (κ2) is 7.71. The predicted molar refractivity (Wildman–Crippen MR) is 80.8 cm³/mol. The molecule has 1 N–H and O–H groups in total. The Morgan fingerprint density at radius 3 is 2.73 bits per heavy atom. The van der Waals surface area contributed by atoms with Crippen LogP contribution >= 0.6 is 0 Å². The molecule has 0 unspecified atom stereocenters. The van der Waals surface area contributed by atoms with Crippen LogP contribution in [0.15, 0.2) is 35.2 Å². The lowest BCUT2D eigenvalue weighted by molar-refractivity contribution is -0.133. The van der Waals surface area contributed by atoms with Crippen molar-refractivity contribution in [3.8, 4) is 0 Å². The van der Waals surface area contributed by atoms with Gasteiger partial charge in [0.1, 0.15) is 6.10 Å². The summed E-state index contributed by atoms with van der Waals surface area (Å²) in [6, 6.07) is 7.75. The zero-order chi connectivity index (χ0) is 16.0. The minimum Gasteiger partial charge on any atom is -0.376 e. The Hall–Kier alpha value is -1.44. The van der Waals surface area contributed by atoms with Gasteiger partial charge in [-0.15, -0.1) is 0 Å². The van der Waals surface area contributed by atoms with Crippen molar-refractivity contribution in [1.82, 2.24) is 4.72 Å². The summed E-state index contributed by atoms with van der Waals surface area (Å²) >= 11 is 0. The Morgan fingerprint density at radius 1 is 1.36 bits per heavy atom. The summed E-state index contributed by atoms with van der Waals surface area (Å²) in [6.07, 6.45) is 2.15. The molecule has 0 bridgehead atoms. The zero-order valence-corrected chi connectivity index (χ0v) is 13.3. The molecule has 1 fully saturated rings. The van der Waals surface area contributed by atoms with Gasteiger partial charge in [0.05, 0.1) is 17.6 Å². The van der Waals surface area contributed by atoms with Crippen LogP contribution in [0.1, 0.15) is 26.2 Å². The first-order valence-electron chi connectivity index (χ1n) is 7.34. The molecule has 1 saturated heterocycles. The molecule has 1 aromatic rings. The Kier molecular flexibility index (Phi) is 5.93. The first-order chi connectivity index (χ1) is 10.5. The lowest BCUT2D eigenvalue weighted by atomic mass is 10.1. The van der Waals surface area contributed by atoms with Crippen molar-refractivity contribution in [2.24, 2.45) is 0 Å². The highest BCUT2D eigenvalue weighted by Crippen LogP contribution is 2.13. The average Bonchev–Trinajstić information content (AvgIpc) is 2.54. The number of carbonyl (C=O) groups excluding carboxylic acids is 1. The van der Waals surface area contributed by atoms with Crippen LogP contribution in [0.3, 0.4) is 0 Å². The maximum Gasteiger partial charge on any atom is 0.264 e. The number of amides is 1. The van der Waals surface area contributed by atoms with E-state index in [1.165, 1.54) is 19.1 Å². The third kappa shape index (κ3) is 4.79. The number of hydrogen-bond donors (Lipinski definition) is 1. The van der Waals surface area contributed by atoms with Crippen LogP contribution in [0, 0.1) is 0 Å². The van der Waals surface area contributed by atoms with Crippen LogP contribution in [-0.2, 0) is 24.3 Å². The van der Waals surface area contributed by atoms with Gasteiger partial charge in [-0.25, -0.2) is 13.1 Å². The van der Waals surface area contributed by atoms with Gasteiger partial charge >= 0.3 is 0 Å². The second-order valence-corrected chi connectivity index (χ2v) is 6.93. The number of nitrogens with one attached hydrogen (secondary N) is 1. The lowest BCUT2D eigenvalue weighted by Crippen LogP contribution is -2.40. The first kappa shape index (κ1) is 16.9. The Bertz CT molecular complexity index is 581. The van der Waals surface area contributed by atoms with Crippen molar-refractivity contribution in [3.05, 3.63) is 30.3 Å². The maximum atomic E-state index is 12.0. The van der Waals surface area contributed by atoms with Gasteiger partial charge in [-0.3, -0.25) is 4.79 Å². The smallest absolute Gasteiger partial charge is 0.264 e. The van der Waals surface area contributed by atoms with E-state index < -0.39 is 22.0 Å². The predicted octanol–water partition coefficient (Wildman–Crippen LogP) is 1.47. The molecule has 1 amide bonds. The SMILES string of the molecule is C[C@@H](OC[C@H]1CCCCO1)C(=O)NS(=O)(=O)c1ccccc1. The summed E-state index contributed by atoms with van der Waals surface area (Å²) < 4.78 is 37.0. The van der Waals surface area contributed by atoms with E-state index in [0.717, 1.165) is 19.3 Å². The van der Waals surface area contributed by atoms with Crippen molar-refractivity contribution < 1.29 is 22.7 Å². The van der Waals surface area contributed by atoms with Crippen molar-refractivity contribution in [2.75, 3.05) is 13.2 Å². The standard InChI is InChI=1S/C15H21NO5S/c1-12(21-11-13-7-5-6-10-20-13)15(17)16-22(18,19)14-8-3-2-4-9-14/h2-4,8-9,12-13H,5-7,10-11H2,1H3,(H,16,17)/t12-,13-/m1/s1. The molecule has 0 saturated carbocycles. The van der Waals surface area contributed by atoms with Gasteiger partial charge in [-0.05, 0) is 38.3 Å². The second-order valence-electron chi connectivity index (χ2n) is 5.25. The Labute approximate surface area is 130 Å². The minimum absolute atomic E-state index is 0.0188. The highest BCUT2D eigenvalue weighted by molar-refractivity contribution is 7.90. The Morgan fingerprint density at radius 2 is 2.09 bits per heavy atom. The Balaban J connectivity index is 1.85. The van der Waals surface area contributed by atoms with Gasteiger partial charge in [-0.2, -0.15) is 0 Å². The molecule has 7 heteroatoms. The minimum atomic E-state index is -3.86. The van der Waals surface area contributed by atoms with Crippen LogP contribution in [-0.4, -0.2) is 39.7 Å². The van der Waals surface area contributed by atoms with E-state index in [0.29, 0.717) is 13.2 Å². The largest absolute Gasteiger partial charge is 0.376 e. The van der Waals surface area contributed by atoms with Gasteiger partial charge in [0, 0.05) is 6.61 Å². The monoisotopic (exact) mass is 327 g/mol. The summed E-state index contributed by atoms with van der Waals surface area (Å²) in [5, 5.41) is 0. The average molecular weight is 327 g/mol. The van der Waals surface area contributed by atoms with Crippen LogP contribution in [0.2, 0.25) is 0 Å².